The van der Waals surface area contributed by atoms with Crippen LogP contribution in [0.3, 0.4) is 0 Å². The summed E-state index contributed by atoms with van der Waals surface area (Å²) in [6.07, 6.45) is 3.79. The lowest BCUT2D eigenvalue weighted by Crippen LogP contribution is -3.00. The van der Waals surface area contributed by atoms with Gasteiger partial charge >= 0.3 is 0 Å². The first-order chi connectivity index (χ1) is 8.58. The largest absolute Gasteiger partial charge is 1.00 e. The minimum absolute atomic E-state index is 0. The molecule has 1 aromatic heterocycles. The molecule has 2 rings (SSSR count). The van der Waals surface area contributed by atoms with Gasteiger partial charge < -0.3 is 12.4 Å². The van der Waals surface area contributed by atoms with Crippen molar-refractivity contribution in [2.24, 2.45) is 0 Å². The number of rotatable bonds is 4. The summed E-state index contributed by atoms with van der Waals surface area (Å²) in [6, 6.07) is 9.87. The van der Waals surface area contributed by atoms with Crippen LogP contribution < -0.4 is 12.4 Å². The second-order valence-corrected chi connectivity index (χ2v) is 6.42. The number of benzene rings is 1. The molecule has 0 spiro atoms. The molecule has 0 aliphatic rings. The average Bonchev–Trinajstić information content (AvgIpc) is 2.38. The molecule has 0 saturated heterocycles. The van der Waals surface area contributed by atoms with Crippen molar-refractivity contribution in [1.82, 2.24) is 4.98 Å². The van der Waals surface area contributed by atoms with Gasteiger partial charge in [-0.25, -0.2) is 8.42 Å². The molecule has 0 atom stereocenters. The minimum atomic E-state index is -3.25. The van der Waals surface area contributed by atoms with E-state index >= 15 is 0 Å². The predicted octanol–water partition coefficient (Wildman–Crippen LogP) is -0.245. The van der Waals surface area contributed by atoms with Crippen LogP contribution in [0, 0.1) is 0 Å². The van der Waals surface area contributed by atoms with Crippen LogP contribution in [-0.2, 0) is 16.3 Å². The Morgan fingerprint density at radius 1 is 1.00 bits per heavy atom. The van der Waals surface area contributed by atoms with Crippen molar-refractivity contribution in [3.63, 3.8) is 0 Å². The molecule has 0 N–H and O–H groups in total. The molecule has 102 valence electrons. The number of aryl methyl sites for hydroxylation is 1. The Kier molecular flexibility index (Phi) is 5.79. The van der Waals surface area contributed by atoms with Crippen LogP contribution in [0.1, 0.15) is 5.56 Å². The fraction of sp³-hybridized carbons (Fsp3) is 0.154. The molecule has 0 saturated carbocycles. The summed E-state index contributed by atoms with van der Waals surface area (Å²) < 4.78 is 24.1. The van der Waals surface area contributed by atoms with Gasteiger partial charge in [-0.3, -0.25) is 4.98 Å². The van der Waals surface area contributed by atoms with E-state index in [1.165, 1.54) is 12.1 Å². The summed E-state index contributed by atoms with van der Waals surface area (Å²) in [5.74, 6) is 0.0820. The maximum atomic E-state index is 12.1. The van der Waals surface area contributed by atoms with Gasteiger partial charge in [0.2, 0.25) is 0 Å². The third-order valence-electron chi connectivity index (χ3n) is 2.58. The van der Waals surface area contributed by atoms with Crippen molar-refractivity contribution in [3.8, 4) is 0 Å². The monoisotopic (exact) mass is 316 g/mol. The highest BCUT2D eigenvalue weighted by Gasteiger charge is 2.13. The topological polar surface area (TPSA) is 47.0 Å². The maximum absolute atomic E-state index is 12.1. The van der Waals surface area contributed by atoms with Gasteiger partial charge in [-0.15, -0.1) is 0 Å². The normalized spacial score (nSPS) is 10.8. The molecule has 0 unspecified atom stereocenters. The maximum Gasteiger partial charge on any atom is 0.178 e. The zero-order valence-electron chi connectivity index (χ0n) is 9.96. The highest BCUT2D eigenvalue weighted by atomic mass is 35.5. The molecule has 1 aromatic carbocycles. The zero-order valence-corrected chi connectivity index (χ0v) is 12.3. The van der Waals surface area contributed by atoms with Crippen LogP contribution in [0.5, 0.6) is 0 Å². The summed E-state index contributed by atoms with van der Waals surface area (Å²) >= 11 is 5.73. The average molecular weight is 317 g/mol. The lowest BCUT2D eigenvalue weighted by molar-refractivity contribution is -0.00000600. The second kappa shape index (κ2) is 6.89. The smallest absolute Gasteiger partial charge is 0.178 e. The van der Waals surface area contributed by atoms with Gasteiger partial charge in [0.1, 0.15) is 0 Å². The van der Waals surface area contributed by atoms with E-state index in [0.717, 1.165) is 5.56 Å². The molecule has 0 bridgehead atoms. The van der Waals surface area contributed by atoms with Crippen LogP contribution in [0.15, 0.2) is 53.7 Å². The summed E-state index contributed by atoms with van der Waals surface area (Å²) in [5.41, 5.74) is 0.961. The molecule has 3 nitrogen and oxygen atoms in total. The van der Waals surface area contributed by atoms with E-state index < -0.39 is 9.84 Å². The number of sulfone groups is 1. The first-order valence-electron chi connectivity index (χ1n) is 5.45. The van der Waals surface area contributed by atoms with Gasteiger partial charge in [-0.1, -0.05) is 11.6 Å². The lowest BCUT2D eigenvalue weighted by atomic mass is 10.2. The fourth-order valence-corrected chi connectivity index (χ4v) is 2.98. The number of hydrogen-bond donors (Lipinski definition) is 0. The summed E-state index contributed by atoms with van der Waals surface area (Å²) in [7, 11) is -3.25. The summed E-state index contributed by atoms with van der Waals surface area (Å²) in [4.78, 5) is 4.20. The van der Waals surface area contributed by atoms with Gasteiger partial charge in [0.05, 0.1) is 10.6 Å². The summed E-state index contributed by atoms with van der Waals surface area (Å²) in [6.45, 7) is 0. The first-order valence-corrected chi connectivity index (χ1v) is 7.48. The van der Waals surface area contributed by atoms with Gasteiger partial charge in [0.25, 0.3) is 0 Å². The van der Waals surface area contributed by atoms with Gasteiger partial charge in [-0.05, 0) is 48.4 Å². The van der Waals surface area contributed by atoms with E-state index in [1.807, 2.05) is 12.1 Å². The van der Waals surface area contributed by atoms with E-state index in [-0.39, 0.29) is 18.2 Å². The van der Waals surface area contributed by atoms with E-state index in [9.17, 15) is 8.42 Å². The van der Waals surface area contributed by atoms with E-state index in [1.54, 1.807) is 24.5 Å². The SMILES string of the molecule is O=S(=O)(CCc1ccncc1)c1ccc(Cl)cc1.[Cl-]. The molecule has 0 aliphatic heterocycles. The van der Waals surface area contributed by atoms with Crippen molar-refractivity contribution in [2.75, 3.05) is 5.75 Å². The molecule has 0 aliphatic carbocycles. The molecule has 2 aromatic rings. The fourth-order valence-electron chi connectivity index (χ4n) is 1.56. The van der Waals surface area contributed by atoms with Crippen molar-refractivity contribution in [3.05, 3.63) is 59.4 Å². The van der Waals surface area contributed by atoms with Crippen LogP contribution in [0.4, 0.5) is 0 Å². The Hall–Kier alpha value is -1.10. The Bertz CT molecular complexity index is 613. The molecule has 0 radical (unpaired) electrons. The predicted molar refractivity (Wildman–Crippen MR) is 71.4 cm³/mol. The molecule has 0 fully saturated rings. The second-order valence-electron chi connectivity index (χ2n) is 3.88. The van der Waals surface area contributed by atoms with Crippen LogP contribution in [0.2, 0.25) is 5.02 Å². The molecule has 6 heteroatoms. The van der Waals surface area contributed by atoms with E-state index in [2.05, 4.69) is 4.98 Å². The molecular formula is C13H12Cl2NO2S-. The molecule has 0 amide bonds. The number of aromatic nitrogens is 1. The van der Waals surface area contributed by atoms with E-state index in [4.69, 9.17) is 11.6 Å². The van der Waals surface area contributed by atoms with Crippen molar-refractivity contribution < 1.29 is 20.8 Å². The molecule has 1 heterocycles. The number of pyridine rings is 1. The number of hydrogen-bond acceptors (Lipinski definition) is 3. The van der Waals surface area contributed by atoms with Gasteiger partial charge in [0.15, 0.2) is 9.84 Å². The van der Waals surface area contributed by atoms with Gasteiger partial charge in [-0.2, -0.15) is 0 Å². The van der Waals surface area contributed by atoms with Crippen LogP contribution in [-0.4, -0.2) is 19.2 Å². The number of nitrogens with zero attached hydrogens (tertiary/aromatic N) is 1. The minimum Gasteiger partial charge on any atom is -1.00 e. The molecule has 19 heavy (non-hydrogen) atoms. The standard InChI is InChI=1S/C13H12ClNO2S.ClH/c14-12-1-3-13(4-2-12)18(16,17)10-7-11-5-8-15-9-6-11;/h1-6,8-9H,7,10H2;1H/p-1. The lowest BCUT2D eigenvalue weighted by Gasteiger charge is -2.04. The molecular weight excluding hydrogens is 305 g/mol. The van der Waals surface area contributed by atoms with Crippen molar-refractivity contribution in [2.45, 2.75) is 11.3 Å². The Morgan fingerprint density at radius 3 is 2.16 bits per heavy atom. The van der Waals surface area contributed by atoms with Crippen molar-refractivity contribution in [1.29, 1.82) is 0 Å². The Balaban J connectivity index is 0.00000180. The third-order valence-corrected chi connectivity index (χ3v) is 4.57. The Labute approximate surface area is 124 Å². The number of halogens is 2. The highest BCUT2D eigenvalue weighted by Crippen LogP contribution is 2.16. The van der Waals surface area contributed by atoms with E-state index in [0.29, 0.717) is 16.3 Å². The summed E-state index contributed by atoms with van der Waals surface area (Å²) in [5, 5.41) is 0.531. The quantitative estimate of drug-likeness (QED) is 0.782. The first kappa shape index (κ1) is 16.0. The van der Waals surface area contributed by atoms with Crippen LogP contribution >= 0.6 is 11.6 Å². The van der Waals surface area contributed by atoms with Crippen molar-refractivity contribution >= 4 is 21.4 Å². The third kappa shape index (κ3) is 4.49. The van der Waals surface area contributed by atoms with Crippen LogP contribution in [0.25, 0.3) is 0 Å². The van der Waals surface area contributed by atoms with Gasteiger partial charge in [0, 0.05) is 17.4 Å². The Morgan fingerprint density at radius 2 is 1.58 bits per heavy atom. The zero-order chi connectivity index (χ0) is 13.0. The highest BCUT2D eigenvalue weighted by molar-refractivity contribution is 7.91.